The van der Waals surface area contributed by atoms with Gasteiger partial charge in [-0.3, -0.25) is 4.79 Å². The quantitative estimate of drug-likeness (QED) is 0.525. The number of carbonyl (C=O) groups is 1. The SMILES string of the molecule is CCOC(=O)c1ccccc1NC(C)c1cc(C)cc2c(=O)c(C)c(Br)oc12. The topological polar surface area (TPSA) is 68.5 Å². The molecule has 5 nitrogen and oxygen atoms in total. The van der Waals surface area contributed by atoms with E-state index in [1.54, 1.807) is 26.0 Å². The van der Waals surface area contributed by atoms with Crippen LogP contribution < -0.4 is 10.7 Å². The van der Waals surface area contributed by atoms with E-state index in [0.717, 1.165) is 11.1 Å². The van der Waals surface area contributed by atoms with E-state index in [2.05, 4.69) is 21.2 Å². The predicted molar refractivity (Wildman–Crippen MR) is 114 cm³/mol. The van der Waals surface area contributed by atoms with E-state index >= 15 is 0 Å². The normalized spacial score (nSPS) is 12.0. The van der Waals surface area contributed by atoms with Crippen LogP contribution in [0.5, 0.6) is 0 Å². The number of para-hydroxylation sites is 1. The third-order valence-electron chi connectivity index (χ3n) is 4.59. The Morgan fingerprint density at radius 1 is 1.25 bits per heavy atom. The first-order valence-electron chi connectivity index (χ1n) is 9.09. The number of hydrogen-bond acceptors (Lipinski definition) is 5. The number of rotatable bonds is 5. The summed E-state index contributed by atoms with van der Waals surface area (Å²) in [6.07, 6.45) is 0. The summed E-state index contributed by atoms with van der Waals surface area (Å²) >= 11 is 3.34. The molecular formula is C22H22BrNO4. The summed E-state index contributed by atoms with van der Waals surface area (Å²) < 4.78 is 11.5. The zero-order valence-corrected chi connectivity index (χ0v) is 17.8. The monoisotopic (exact) mass is 443 g/mol. The minimum absolute atomic E-state index is 0.0581. The molecule has 0 saturated heterocycles. The first kappa shape index (κ1) is 20.1. The van der Waals surface area contributed by atoms with Crippen molar-refractivity contribution in [3.8, 4) is 0 Å². The lowest BCUT2D eigenvalue weighted by atomic mass is 10.00. The lowest BCUT2D eigenvalue weighted by Crippen LogP contribution is -2.14. The van der Waals surface area contributed by atoms with E-state index in [4.69, 9.17) is 9.15 Å². The van der Waals surface area contributed by atoms with Gasteiger partial charge >= 0.3 is 5.97 Å². The van der Waals surface area contributed by atoms with Crippen molar-refractivity contribution >= 4 is 38.6 Å². The molecule has 0 radical (unpaired) electrons. The highest BCUT2D eigenvalue weighted by Crippen LogP contribution is 2.31. The summed E-state index contributed by atoms with van der Waals surface area (Å²) in [4.78, 5) is 24.9. The van der Waals surface area contributed by atoms with Crippen LogP contribution in [0.25, 0.3) is 11.0 Å². The van der Waals surface area contributed by atoms with Crippen LogP contribution in [-0.4, -0.2) is 12.6 Å². The molecule has 6 heteroatoms. The molecule has 1 atom stereocenters. The fourth-order valence-corrected chi connectivity index (χ4v) is 3.51. The van der Waals surface area contributed by atoms with Crippen molar-refractivity contribution in [1.82, 2.24) is 0 Å². The minimum atomic E-state index is -0.378. The molecule has 1 unspecified atom stereocenters. The van der Waals surface area contributed by atoms with E-state index in [-0.39, 0.29) is 17.4 Å². The molecule has 146 valence electrons. The number of esters is 1. The first-order chi connectivity index (χ1) is 13.3. The highest BCUT2D eigenvalue weighted by atomic mass is 79.9. The van der Waals surface area contributed by atoms with Gasteiger partial charge in [0.2, 0.25) is 0 Å². The van der Waals surface area contributed by atoms with Gasteiger partial charge in [0.25, 0.3) is 0 Å². The van der Waals surface area contributed by atoms with Gasteiger partial charge in [-0.05, 0) is 67.4 Å². The molecule has 0 aliphatic heterocycles. The smallest absolute Gasteiger partial charge is 0.340 e. The Labute approximate surface area is 171 Å². The van der Waals surface area contributed by atoms with Gasteiger partial charge in [-0.15, -0.1) is 0 Å². The first-order valence-corrected chi connectivity index (χ1v) is 9.89. The van der Waals surface area contributed by atoms with E-state index in [0.29, 0.717) is 39.1 Å². The minimum Gasteiger partial charge on any atom is -0.462 e. The van der Waals surface area contributed by atoms with Crippen molar-refractivity contribution in [2.45, 2.75) is 33.7 Å². The number of halogens is 1. The molecule has 3 rings (SSSR count). The van der Waals surface area contributed by atoms with Gasteiger partial charge in [-0.2, -0.15) is 0 Å². The average Bonchev–Trinajstić information content (AvgIpc) is 2.67. The van der Waals surface area contributed by atoms with Crippen molar-refractivity contribution in [1.29, 1.82) is 0 Å². The summed E-state index contributed by atoms with van der Waals surface area (Å²) in [5.74, 6) is -0.378. The number of fused-ring (bicyclic) bond motifs is 1. The summed E-state index contributed by atoms with van der Waals surface area (Å²) in [5.41, 5.74) is 3.94. The van der Waals surface area contributed by atoms with E-state index in [9.17, 15) is 9.59 Å². The maximum Gasteiger partial charge on any atom is 0.340 e. The van der Waals surface area contributed by atoms with E-state index in [1.165, 1.54) is 0 Å². The van der Waals surface area contributed by atoms with Crippen molar-refractivity contribution in [2.75, 3.05) is 11.9 Å². The molecule has 0 aliphatic carbocycles. The van der Waals surface area contributed by atoms with Crippen LogP contribution in [0, 0.1) is 13.8 Å². The van der Waals surface area contributed by atoms with Crippen LogP contribution in [0.1, 0.15) is 46.9 Å². The van der Waals surface area contributed by atoms with E-state index < -0.39 is 0 Å². The molecule has 0 amide bonds. The summed E-state index contributed by atoms with van der Waals surface area (Å²) in [5, 5.41) is 3.91. The Morgan fingerprint density at radius 2 is 1.96 bits per heavy atom. The molecule has 0 bridgehead atoms. The number of nitrogens with one attached hydrogen (secondary N) is 1. The highest BCUT2D eigenvalue weighted by Gasteiger charge is 2.19. The maximum atomic E-state index is 12.7. The summed E-state index contributed by atoms with van der Waals surface area (Å²) in [6, 6.07) is 10.8. The number of anilines is 1. The average molecular weight is 444 g/mol. The van der Waals surface area contributed by atoms with Crippen molar-refractivity contribution < 1.29 is 13.9 Å². The molecule has 0 aliphatic rings. The van der Waals surface area contributed by atoms with Crippen molar-refractivity contribution in [2.24, 2.45) is 0 Å². The Balaban J connectivity index is 2.07. The van der Waals surface area contributed by atoms with Crippen LogP contribution in [0.4, 0.5) is 5.69 Å². The predicted octanol–water partition coefficient (Wildman–Crippen LogP) is 5.52. The molecule has 3 aromatic rings. The lowest BCUT2D eigenvalue weighted by molar-refractivity contribution is 0.0527. The summed E-state index contributed by atoms with van der Waals surface area (Å²) in [7, 11) is 0. The zero-order valence-electron chi connectivity index (χ0n) is 16.3. The number of hydrogen-bond donors (Lipinski definition) is 1. The van der Waals surface area contributed by atoms with Gasteiger partial charge in [0.1, 0.15) is 5.58 Å². The lowest BCUT2D eigenvalue weighted by Gasteiger charge is -2.19. The third kappa shape index (κ3) is 3.83. The molecular weight excluding hydrogens is 422 g/mol. The van der Waals surface area contributed by atoms with Gasteiger partial charge in [-0.1, -0.05) is 18.2 Å². The highest BCUT2D eigenvalue weighted by molar-refractivity contribution is 9.10. The third-order valence-corrected chi connectivity index (χ3v) is 5.35. The number of benzene rings is 2. The van der Waals surface area contributed by atoms with Crippen molar-refractivity contribution in [3.63, 3.8) is 0 Å². The van der Waals surface area contributed by atoms with Crippen LogP contribution >= 0.6 is 15.9 Å². The van der Waals surface area contributed by atoms with Crippen molar-refractivity contribution in [3.05, 3.63) is 73.5 Å². The fraction of sp³-hybridized carbons (Fsp3) is 0.273. The fourth-order valence-electron chi connectivity index (χ4n) is 3.17. The molecule has 1 N–H and O–H groups in total. The Bertz CT molecular complexity index is 1100. The maximum absolute atomic E-state index is 12.7. The van der Waals surface area contributed by atoms with Gasteiger partial charge < -0.3 is 14.5 Å². The summed E-state index contributed by atoms with van der Waals surface area (Å²) in [6.45, 7) is 7.72. The zero-order chi connectivity index (χ0) is 20.4. The van der Waals surface area contributed by atoms with Crippen LogP contribution in [0.15, 0.2) is 50.3 Å². The van der Waals surface area contributed by atoms with Crippen LogP contribution in [0.2, 0.25) is 0 Å². The molecule has 0 spiro atoms. The number of ether oxygens (including phenoxy) is 1. The van der Waals surface area contributed by atoms with E-state index in [1.807, 2.05) is 38.1 Å². The van der Waals surface area contributed by atoms with Crippen LogP contribution in [0.3, 0.4) is 0 Å². The second kappa shape index (κ2) is 8.19. The Hall–Kier alpha value is -2.60. The van der Waals surface area contributed by atoms with Gasteiger partial charge in [0, 0.05) is 16.8 Å². The number of carbonyl (C=O) groups excluding carboxylic acids is 1. The molecule has 1 heterocycles. The number of aryl methyl sites for hydroxylation is 1. The van der Waals surface area contributed by atoms with Crippen LogP contribution in [-0.2, 0) is 4.74 Å². The van der Waals surface area contributed by atoms with Gasteiger partial charge in [-0.25, -0.2) is 4.79 Å². The van der Waals surface area contributed by atoms with Gasteiger partial charge in [0.15, 0.2) is 10.1 Å². The Morgan fingerprint density at radius 3 is 2.68 bits per heavy atom. The molecule has 28 heavy (non-hydrogen) atoms. The second-order valence-corrected chi connectivity index (χ2v) is 7.41. The van der Waals surface area contributed by atoms with Gasteiger partial charge in [0.05, 0.1) is 23.6 Å². The molecule has 2 aromatic carbocycles. The second-order valence-electron chi connectivity index (χ2n) is 6.69. The molecule has 0 fully saturated rings. The Kier molecular flexibility index (Phi) is 5.89. The standard InChI is InChI=1S/C22H22BrNO4/c1-5-27-22(26)15-8-6-7-9-18(15)24-14(4)16-10-12(2)11-17-19(25)13(3)21(23)28-20(16)17/h6-11,14,24H,5H2,1-4H3. The molecule has 1 aromatic heterocycles. The molecule has 0 saturated carbocycles. The largest absolute Gasteiger partial charge is 0.462 e.